The van der Waals surface area contributed by atoms with E-state index in [1.807, 2.05) is 0 Å². The number of methoxy groups -OCH3 is 1. The normalized spacial score (nSPS) is 10.2. The van der Waals surface area contributed by atoms with Gasteiger partial charge in [0.2, 0.25) is 0 Å². The molecule has 0 fully saturated rings. The van der Waals surface area contributed by atoms with Gasteiger partial charge in [-0.2, -0.15) is 0 Å². The molecule has 0 spiro atoms. The molecule has 2 nitrogen and oxygen atoms in total. The first-order chi connectivity index (χ1) is 8.11. The Morgan fingerprint density at radius 1 is 1.18 bits per heavy atom. The van der Waals surface area contributed by atoms with Crippen LogP contribution in [0.1, 0.15) is 5.56 Å². The van der Waals surface area contributed by atoms with Crippen molar-refractivity contribution in [3.05, 3.63) is 54.4 Å². The number of carbonyl (C=O) groups is 1. The van der Waals surface area contributed by atoms with Gasteiger partial charge in [-0.15, -0.1) is 0 Å². The Balaban J connectivity index is 2.48. The lowest BCUT2D eigenvalue weighted by molar-refractivity contribution is -0.133. The molecular weight excluding hydrogens is 219 g/mol. The summed E-state index contributed by atoms with van der Waals surface area (Å²) >= 11 is 0. The number of esters is 1. The number of ether oxygens (including phenoxy) is 1. The van der Waals surface area contributed by atoms with Crippen molar-refractivity contribution in [1.29, 1.82) is 0 Å². The highest BCUT2D eigenvalue weighted by Crippen LogP contribution is 2.21. The minimum Gasteiger partial charge on any atom is -0.465 e. The van der Waals surface area contributed by atoms with Crippen molar-refractivity contribution in [1.82, 2.24) is 0 Å². The Labute approximate surface area is 98.3 Å². The molecule has 17 heavy (non-hydrogen) atoms. The van der Waals surface area contributed by atoms with E-state index in [9.17, 15) is 9.18 Å². The summed E-state index contributed by atoms with van der Waals surface area (Å²) in [5.74, 6) is -0.747. The molecule has 0 saturated heterocycles. The van der Waals surface area contributed by atoms with Gasteiger partial charge in [0.05, 0.1) is 12.7 Å². The van der Waals surface area contributed by atoms with Crippen LogP contribution in [0.3, 0.4) is 0 Å². The molecule has 2 aromatic carbocycles. The third-order valence-electron chi connectivity index (χ3n) is 2.58. The van der Waals surface area contributed by atoms with Gasteiger partial charge in [0, 0.05) is 0 Å². The maximum Gasteiger partial charge on any atom is 0.337 e. The summed E-state index contributed by atoms with van der Waals surface area (Å²) in [4.78, 5) is 11.3. The summed E-state index contributed by atoms with van der Waals surface area (Å²) < 4.78 is 17.6. The summed E-state index contributed by atoms with van der Waals surface area (Å²) in [6.07, 6.45) is 0. The fraction of sp³-hybridized carbons (Fsp3) is 0.0714. The van der Waals surface area contributed by atoms with Crippen molar-refractivity contribution in [2.75, 3.05) is 7.11 Å². The molecule has 3 heteroatoms. The summed E-state index contributed by atoms with van der Waals surface area (Å²) in [6.45, 7) is 3.67. The highest BCUT2D eigenvalue weighted by Gasteiger charge is 2.09. The van der Waals surface area contributed by atoms with Gasteiger partial charge in [0.25, 0.3) is 0 Å². The number of hydrogen-bond donors (Lipinski definition) is 0. The molecular formula is C14H11FO2. The largest absolute Gasteiger partial charge is 0.465 e. The summed E-state index contributed by atoms with van der Waals surface area (Å²) in [5, 5.41) is 1.64. The second-order valence-electron chi connectivity index (χ2n) is 3.68. The molecule has 0 atom stereocenters. The van der Waals surface area contributed by atoms with Crippen molar-refractivity contribution in [2.24, 2.45) is 0 Å². The molecule has 0 bridgehead atoms. The van der Waals surface area contributed by atoms with Gasteiger partial charge in [0.1, 0.15) is 5.82 Å². The lowest BCUT2D eigenvalue weighted by Crippen LogP contribution is -2.02. The van der Waals surface area contributed by atoms with E-state index in [-0.39, 0.29) is 5.82 Å². The summed E-state index contributed by atoms with van der Waals surface area (Å²) in [6, 6.07) is 9.75. The standard InChI is InChI=1S/C14H11FO2/c1-9(14(16)17-2)10-3-4-12-8-13(15)6-5-11(12)7-10/h3-8H,1H2,2H3. The predicted octanol–water partition coefficient (Wildman–Crippen LogP) is 3.17. The Morgan fingerprint density at radius 3 is 2.53 bits per heavy atom. The fourth-order valence-electron chi connectivity index (χ4n) is 1.65. The zero-order valence-corrected chi connectivity index (χ0v) is 9.37. The van der Waals surface area contributed by atoms with Crippen molar-refractivity contribution >= 4 is 22.3 Å². The fourth-order valence-corrected chi connectivity index (χ4v) is 1.65. The molecule has 0 N–H and O–H groups in total. The topological polar surface area (TPSA) is 26.3 Å². The van der Waals surface area contributed by atoms with E-state index in [0.717, 1.165) is 10.8 Å². The van der Waals surface area contributed by atoms with Gasteiger partial charge in [-0.05, 0) is 34.5 Å². The van der Waals surface area contributed by atoms with Crippen LogP contribution in [0.25, 0.3) is 16.3 Å². The van der Waals surface area contributed by atoms with E-state index >= 15 is 0 Å². The van der Waals surface area contributed by atoms with Crippen LogP contribution in [-0.4, -0.2) is 13.1 Å². The van der Waals surface area contributed by atoms with E-state index in [1.54, 1.807) is 24.3 Å². The molecule has 0 radical (unpaired) electrons. The van der Waals surface area contributed by atoms with Crippen LogP contribution in [0.4, 0.5) is 4.39 Å². The van der Waals surface area contributed by atoms with Gasteiger partial charge in [-0.1, -0.05) is 24.8 Å². The number of fused-ring (bicyclic) bond motifs is 1. The first-order valence-electron chi connectivity index (χ1n) is 5.09. The zero-order chi connectivity index (χ0) is 12.4. The Bertz CT molecular complexity index is 602. The van der Waals surface area contributed by atoms with Crippen molar-refractivity contribution < 1.29 is 13.9 Å². The monoisotopic (exact) mass is 230 g/mol. The van der Waals surface area contributed by atoms with Gasteiger partial charge < -0.3 is 4.74 Å². The van der Waals surface area contributed by atoms with Crippen LogP contribution in [0.5, 0.6) is 0 Å². The highest BCUT2D eigenvalue weighted by atomic mass is 19.1. The maximum atomic E-state index is 13.0. The van der Waals surface area contributed by atoms with E-state index in [0.29, 0.717) is 11.1 Å². The van der Waals surface area contributed by atoms with E-state index in [2.05, 4.69) is 11.3 Å². The lowest BCUT2D eigenvalue weighted by Gasteiger charge is -2.05. The van der Waals surface area contributed by atoms with Crippen molar-refractivity contribution in [3.8, 4) is 0 Å². The van der Waals surface area contributed by atoms with Crippen LogP contribution in [0, 0.1) is 5.82 Å². The third kappa shape index (κ3) is 2.18. The quantitative estimate of drug-likeness (QED) is 0.585. The molecule has 2 rings (SSSR count). The number of halogens is 1. The minimum atomic E-state index is -0.466. The summed E-state index contributed by atoms with van der Waals surface area (Å²) in [5.41, 5.74) is 0.967. The Morgan fingerprint density at radius 2 is 1.82 bits per heavy atom. The molecule has 0 heterocycles. The number of carbonyl (C=O) groups excluding carboxylic acids is 1. The first-order valence-corrected chi connectivity index (χ1v) is 5.09. The minimum absolute atomic E-state index is 0.281. The van der Waals surface area contributed by atoms with Crippen molar-refractivity contribution in [3.63, 3.8) is 0 Å². The lowest BCUT2D eigenvalue weighted by atomic mass is 10.0. The molecule has 2 aromatic rings. The smallest absolute Gasteiger partial charge is 0.337 e. The van der Waals surface area contributed by atoms with E-state index < -0.39 is 5.97 Å². The average Bonchev–Trinajstić information content (AvgIpc) is 2.36. The number of benzene rings is 2. The van der Waals surface area contributed by atoms with Crippen LogP contribution < -0.4 is 0 Å². The number of rotatable bonds is 2. The average molecular weight is 230 g/mol. The molecule has 0 aliphatic carbocycles. The Hall–Kier alpha value is -2.16. The van der Waals surface area contributed by atoms with Gasteiger partial charge in [-0.25, -0.2) is 9.18 Å². The van der Waals surface area contributed by atoms with Gasteiger partial charge in [-0.3, -0.25) is 0 Å². The second-order valence-corrected chi connectivity index (χ2v) is 3.68. The molecule has 0 aliphatic heterocycles. The molecule has 0 aromatic heterocycles. The highest BCUT2D eigenvalue weighted by molar-refractivity contribution is 6.16. The predicted molar refractivity (Wildman–Crippen MR) is 65.0 cm³/mol. The maximum absolute atomic E-state index is 13.0. The molecule has 0 saturated carbocycles. The Kier molecular flexibility index (Phi) is 2.91. The molecule has 0 unspecified atom stereocenters. The number of hydrogen-bond acceptors (Lipinski definition) is 2. The second kappa shape index (κ2) is 4.37. The molecule has 0 amide bonds. The van der Waals surface area contributed by atoms with Gasteiger partial charge >= 0.3 is 5.97 Å². The van der Waals surface area contributed by atoms with E-state index in [4.69, 9.17) is 0 Å². The van der Waals surface area contributed by atoms with Crippen LogP contribution in [-0.2, 0) is 9.53 Å². The zero-order valence-electron chi connectivity index (χ0n) is 9.37. The third-order valence-corrected chi connectivity index (χ3v) is 2.58. The van der Waals surface area contributed by atoms with E-state index in [1.165, 1.54) is 19.2 Å². The SMILES string of the molecule is C=C(C(=O)OC)c1ccc2cc(F)ccc2c1. The van der Waals surface area contributed by atoms with Crippen LogP contribution >= 0.6 is 0 Å². The van der Waals surface area contributed by atoms with Crippen molar-refractivity contribution in [2.45, 2.75) is 0 Å². The van der Waals surface area contributed by atoms with Gasteiger partial charge in [0.15, 0.2) is 0 Å². The summed E-state index contributed by atoms with van der Waals surface area (Å²) in [7, 11) is 1.31. The molecule has 0 aliphatic rings. The van der Waals surface area contributed by atoms with Crippen LogP contribution in [0.15, 0.2) is 43.0 Å². The molecule has 86 valence electrons. The first kappa shape index (κ1) is 11.3. The van der Waals surface area contributed by atoms with Crippen LogP contribution in [0.2, 0.25) is 0 Å².